The van der Waals surface area contributed by atoms with Crippen molar-refractivity contribution in [1.82, 2.24) is 0 Å². The van der Waals surface area contributed by atoms with Crippen LogP contribution in [0.2, 0.25) is 5.02 Å². The van der Waals surface area contributed by atoms with E-state index in [-0.39, 0.29) is 30.0 Å². The van der Waals surface area contributed by atoms with Crippen molar-refractivity contribution in [2.24, 2.45) is 4.36 Å². The number of nitrogens with zero attached hydrogens (tertiary/aromatic N) is 2. The first-order valence-electron chi connectivity index (χ1n) is 11.8. The predicted molar refractivity (Wildman–Crippen MR) is 138 cm³/mol. The van der Waals surface area contributed by atoms with Crippen molar-refractivity contribution in [3.05, 3.63) is 52.3 Å². The molecule has 0 spiro atoms. The number of amides is 2. The summed E-state index contributed by atoms with van der Waals surface area (Å²) in [5.74, 6) is -5.00. The van der Waals surface area contributed by atoms with Crippen LogP contribution in [0.1, 0.15) is 49.5 Å². The van der Waals surface area contributed by atoms with Crippen LogP contribution in [-0.4, -0.2) is 47.1 Å². The number of hydrogen-bond acceptors (Lipinski definition) is 5. The molecule has 1 atom stereocenters. The normalized spacial score (nSPS) is 17.1. The summed E-state index contributed by atoms with van der Waals surface area (Å²) in [7, 11) is -3.70. The van der Waals surface area contributed by atoms with E-state index in [9.17, 15) is 40.1 Å². The van der Waals surface area contributed by atoms with Gasteiger partial charge in [0.2, 0.25) is 0 Å². The molecule has 1 aliphatic heterocycles. The summed E-state index contributed by atoms with van der Waals surface area (Å²) in [6, 6.07) is 4.29. The Morgan fingerprint density at radius 3 is 2.25 bits per heavy atom. The Hall–Kier alpha value is -3.00. The van der Waals surface area contributed by atoms with Crippen molar-refractivity contribution < 1.29 is 44.9 Å². The first-order valence-corrected chi connectivity index (χ1v) is 14.1. The summed E-state index contributed by atoms with van der Waals surface area (Å²) in [6.07, 6.45) is -6.37. The van der Waals surface area contributed by atoms with Gasteiger partial charge >= 0.3 is 12.3 Å². The first kappa shape index (κ1) is 31.5. The summed E-state index contributed by atoms with van der Waals surface area (Å²) in [4.78, 5) is 26.0. The van der Waals surface area contributed by atoms with E-state index in [0.717, 1.165) is 30.5 Å². The summed E-state index contributed by atoms with van der Waals surface area (Å²) < 4.78 is 104. The highest BCUT2D eigenvalue weighted by atomic mass is 35.5. The lowest BCUT2D eigenvalue weighted by molar-refractivity contribution is -0.137. The SMILES string of the molecule is CC(C)(C)OC(=O)N=[S@@](C)(=O)c1cc(NC(=O)c2cc(Cl)c(C(F)(F)F)cc2N2CCC(F)(F)CC2)ccc1F. The topological polar surface area (TPSA) is 88.1 Å². The second-order valence-electron chi connectivity index (χ2n) is 10.2. The van der Waals surface area contributed by atoms with Crippen LogP contribution in [-0.2, 0) is 20.6 Å². The van der Waals surface area contributed by atoms with Crippen LogP contribution in [0.5, 0.6) is 0 Å². The highest BCUT2D eigenvalue weighted by molar-refractivity contribution is 7.93. The van der Waals surface area contributed by atoms with E-state index in [1.165, 1.54) is 4.90 Å². The number of nitrogens with one attached hydrogen (secondary N) is 1. The number of ether oxygens (including phenoxy) is 1. The van der Waals surface area contributed by atoms with Crippen LogP contribution in [0.25, 0.3) is 0 Å². The molecule has 0 aromatic heterocycles. The molecule has 220 valence electrons. The van der Waals surface area contributed by atoms with Crippen molar-refractivity contribution in [2.45, 2.75) is 56.2 Å². The fraction of sp³-hybridized carbons (Fsp3) is 0.440. The summed E-state index contributed by atoms with van der Waals surface area (Å²) >= 11 is 5.84. The Bertz CT molecular complexity index is 1440. The maximum atomic E-state index is 14.6. The van der Waals surface area contributed by atoms with Gasteiger partial charge in [-0.3, -0.25) is 4.79 Å². The number of alkyl halides is 5. The molecule has 0 aliphatic carbocycles. The van der Waals surface area contributed by atoms with E-state index in [1.807, 2.05) is 0 Å². The van der Waals surface area contributed by atoms with Gasteiger partial charge < -0.3 is 15.0 Å². The number of rotatable bonds is 4. The van der Waals surface area contributed by atoms with Gasteiger partial charge in [-0.2, -0.15) is 13.2 Å². The molecule has 7 nitrogen and oxygen atoms in total. The Morgan fingerprint density at radius 2 is 1.70 bits per heavy atom. The van der Waals surface area contributed by atoms with Gasteiger partial charge in [0.25, 0.3) is 11.8 Å². The number of anilines is 2. The van der Waals surface area contributed by atoms with E-state index >= 15 is 0 Å². The summed E-state index contributed by atoms with van der Waals surface area (Å²) in [5.41, 5.74) is -2.98. The van der Waals surface area contributed by atoms with Crippen LogP contribution in [0, 0.1) is 5.82 Å². The molecule has 1 fully saturated rings. The van der Waals surface area contributed by atoms with Crippen molar-refractivity contribution in [2.75, 3.05) is 29.6 Å². The largest absolute Gasteiger partial charge is 0.442 e. The molecular weight excluding hydrogens is 588 g/mol. The minimum atomic E-state index is -4.88. The van der Waals surface area contributed by atoms with Gasteiger partial charge in [0.05, 0.1) is 36.5 Å². The lowest BCUT2D eigenvalue weighted by Crippen LogP contribution is -2.40. The highest BCUT2D eigenvalue weighted by Crippen LogP contribution is 2.40. The van der Waals surface area contributed by atoms with Gasteiger partial charge in [0.15, 0.2) is 0 Å². The van der Waals surface area contributed by atoms with Gasteiger partial charge in [0, 0.05) is 37.9 Å². The van der Waals surface area contributed by atoms with Gasteiger partial charge in [-0.05, 0) is 51.1 Å². The van der Waals surface area contributed by atoms with E-state index in [4.69, 9.17) is 16.3 Å². The third-order valence-electron chi connectivity index (χ3n) is 5.71. The maximum absolute atomic E-state index is 14.6. The summed E-state index contributed by atoms with van der Waals surface area (Å²) in [6.45, 7) is 4.00. The fourth-order valence-corrected chi connectivity index (χ4v) is 5.31. The number of carbonyl (C=O) groups excluding carboxylic acids is 2. The van der Waals surface area contributed by atoms with Gasteiger partial charge in [-0.25, -0.2) is 22.2 Å². The third-order valence-corrected chi connectivity index (χ3v) is 7.65. The Kier molecular flexibility index (Phi) is 8.76. The average molecular weight is 614 g/mol. The Balaban J connectivity index is 2.00. The lowest BCUT2D eigenvalue weighted by atomic mass is 10.0. The molecule has 0 unspecified atom stereocenters. The number of carbonyl (C=O) groups is 2. The van der Waals surface area contributed by atoms with Crippen LogP contribution < -0.4 is 10.2 Å². The summed E-state index contributed by atoms with van der Waals surface area (Å²) in [5, 5.41) is 1.57. The van der Waals surface area contributed by atoms with Gasteiger partial charge in [0.1, 0.15) is 11.4 Å². The Morgan fingerprint density at radius 1 is 1.10 bits per heavy atom. The van der Waals surface area contributed by atoms with E-state index in [1.54, 1.807) is 20.8 Å². The molecule has 1 aliphatic rings. The zero-order chi connectivity index (χ0) is 30.3. The van der Waals surface area contributed by atoms with Crippen LogP contribution in [0.3, 0.4) is 0 Å². The molecule has 1 N–H and O–H groups in total. The molecule has 15 heteroatoms. The van der Waals surface area contributed by atoms with Crippen molar-refractivity contribution in [1.29, 1.82) is 0 Å². The van der Waals surface area contributed by atoms with E-state index in [2.05, 4.69) is 9.68 Å². The molecule has 3 rings (SSSR count). The maximum Gasteiger partial charge on any atom is 0.442 e. The quantitative estimate of drug-likeness (QED) is 0.364. The van der Waals surface area contributed by atoms with Crippen LogP contribution in [0.15, 0.2) is 39.6 Å². The molecule has 0 saturated carbocycles. The van der Waals surface area contributed by atoms with Crippen LogP contribution >= 0.6 is 11.6 Å². The molecule has 2 aromatic carbocycles. The fourth-order valence-electron chi connectivity index (χ4n) is 3.84. The molecule has 40 heavy (non-hydrogen) atoms. The van der Waals surface area contributed by atoms with E-state index in [0.29, 0.717) is 6.07 Å². The molecule has 2 aromatic rings. The molecular formula is C25H26ClF6N3O4S. The third kappa shape index (κ3) is 7.80. The number of benzene rings is 2. The lowest BCUT2D eigenvalue weighted by Gasteiger charge is -2.34. The molecule has 2 amide bonds. The number of piperidine rings is 1. The zero-order valence-electron chi connectivity index (χ0n) is 21.8. The first-order chi connectivity index (χ1) is 18.2. The molecule has 1 saturated heterocycles. The second-order valence-corrected chi connectivity index (χ2v) is 12.8. The molecule has 1 heterocycles. The highest BCUT2D eigenvalue weighted by Gasteiger charge is 2.38. The second kappa shape index (κ2) is 11.1. The molecule has 0 bridgehead atoms. The van der Waals surface area contributed by atoms with Crippen molar-refractivity contribution >= 4 is 44.7 Å². The van der Waals surface area contributed by atoms with Gasteiger partial charge in [-0.15, -0.1) is 4.36 Å². The molecule has 0 radical (unpaired) electrons. The van der Waals surface area contributed by atoms with Crippen molar-refractivity contribution in [3.63, 3.8) is 0 Å². The minimum absolute atomic E-state index is 0.137. The predicted octanol–water partition coefficient (Wildman–Crippen LogP) is 7.38. The average Bonchev–Trinajstić information content (AvgIpc) is 2.77. The van der Waals surface area contributed by atoms with Crippen molar-refractivity contribution in [3.8, 4) is 0 Å². The Labute approximate surface area is 232 Å². The number of halogens is 7. The smallest absolute Gasteiger partial charge is 0.442 e. The zero-order valence-corrected chi connectivity index (χ0v) is 23.4. The minimum Gasteiger partial charge on any atom is -0.442 e. The number of hydrogen-bond donors (Lipinski definition) is 1. The van der Waals surface area contributed by atoms with Crippen LogP contribution in [0.4, 0.5) is 42.5 Å². The van der Waals surface area contributed by atoms with E-state index < -0.39 is 73.6 Å². The van der Waals surface area contributed by atoms with Gasteiger partial charge in [-0.1, -0.05) is 11.6 Å². The standard InChI is InChI=1S/C25H26ClF6N3O4S/c1-23(2,3)39-22(37)34-40(4,38)20-11-14(5-6-18(20)27)33-21(36)15-12-17(26)16(25(30,31)32)13-19(15)35-9-7-24(28,29)8-10-35/h5-6,11-13H,7-10H2,1-4H3,(H,33,36)/t40-/m0/s1. The monoisotopic (exact) mass is 613 g/mol.